The van der Waals surface area contributed by atoms with Crippen molar-refractivity contribution in [3.63, 3.8) is 0 Å². The predicted molar refractivity (Wildman–Crippen MR) is 96.4 cm³/mol. The van der Waals surface area contributed by atoms with Gasteiger partial charge < -0.3 is 24.2 Å². The van der Waals surface area contributed by atoms with Crippen molar-refractivity contribution in [3.05, 3.63) is 29.8 Å². The monoisotopic (exact) mass is 363 g/mol. The van der Waals surface area contributed by atoms with Crippen molar-refractivity contribution in [2.24, 2.45) is 0 Å². The molecule has 1 aliphatic heterocycles. The molecule has 0 aromatic heterocycles. The van der Waals surface area contributed by atoms with Crippen LogP contribution < -0.4 is 9.47 Å². The van der Waals surface area contributed by atoms with Gasteiger partial charge in [0.1, 0.15) is 0 Å². The predicted octanol–water partition coefficient (Wildman–Crippen LogP) is 2.20. The number of benzene rings is 1. The molecule has 0 bridgehead atoms. The van der Waals surface area contributed by atoms with E-state index in [4.69, 9.17) is 19.3 Å². The van der Waals surface area contributed by atoms with Crippen molar-refractivity contribution in [1.82, 2.24) is 4.90 Å². The zero-order chi connectivity index (χ0) is 18.9. The van der Waals surface area contributed by atoms with Gasteiger partial charge >= 0.3 is 5.97 Å². The van der Waals surface area contributed by atoms with Gasteiger partial charge in [-0.15, -0.1) is 0 Å². The van der Waals surface area contributed by atoms with Crippen LogP contribution in [0.1, 0.15) is 24.8 Å². The number of ether oxygens (including phenoxy) is 3. The third-order valence-electron chi connectivity index (χ3n) is 4.31. The normalized spacial score (nSPS) is 15.0. The lowest BCUT2D eigenvalue weighted by Crippen LogP contribution is -2.43. The number of rotatable bonds is 8. The number of hydrogen-bond donors (Lipinski definition) is 1. The summed E-state index contributed by atoms with van der Waals surface area (Å²) in [6, 6.07) is 5.37. The lowest BCUT2D eigenvalue weighted by Gasteiger charge is -2.33. The van der Waals surface area contributed by atoms with Crippen molar-refractivity contribution in [3.8, 4) is 11.5 Å². The summed E-state index contributed by atoms with van der Waals surface area (Å²) in [4.78, 5) is 25.2. The van der Waals surface area contributed by atoms with Gasteiger partial charge in [-0.1, -0.05) is 6.07 Å². The Labute approximate surface area is 153 Å². The lowest BCUT2D eigenvalue weighted by atomic mass is 10.1. The first kappa shape index (κ1) is 19.8. The lowest BCUT2D eigenvalue weighted by molar-refractivity contribution is -0.138. The van der Waals surface area contributed by atoms with Gasteiger partial charge in [-0.05, 0) is 36.6 Å². The minimum absolute atomic E-state index is 0.00523. The van der Waals surface area contributed by atoms with Gasteiger partial charge in [0.05, 0.1) is 20.6 Å². The van der Waals surface area contributed by atoms with Crippen LogP contribution in [0, 0.1) is 0 Å². The van der Waals surface area contributed by atoms with Gasteiger partial charge in [0, 0.05) is 31.9 Å². The molecule has 1 fully saturated rings. The highest BCUT2D eigenvalue weighted by molar-refractivity contribution is 5.92. The van der Waals surface area contributed by atoms with Crippen LogP contribution in [0.5, 0.6) is 11.5 Å². The number of carboxylic acid groups (broad SMARTS) is 1. The number of hydrogen-bond acceptors (Lipinski definition) is 5. The van der Waals surface area contributed by atoms with E-state index in [1.165, 1.54) is 6.08 Å². The summed E-state index contributed by atoms with van der Waals surface area (Å²) in [5, 5.41) is 8.95. The average Bonchev–Trinajstić information content (AvgIpc) is 2.66. The molecule has 1 saturated heterocycles. The molecule has 1 N–H and O–H groups in total. The highest BCUT2D eigenvalue weighted by atomic mass is 16.5. The molecule has 1 aromatic carbocycles. The second-order valence-corrected chi connectivity index (χ2v) is 5.97. The molecule has 2 rings (SSSR count). The molecular formula is C19H25NO6. The number of amides is 1. The summed E-state index contributed by atoms with van der Waals surface area (Å²) in [6.45, 7) is 1.36. The number of aliphatic carboxylic acids is 1. The molecule has 26 heavy (non-hydrogen) atoms. The molecule has 0 unspecified atom stereocenters. The van der Waals surface area contributed by atoms with Gasteiger partial charge in [0.2, 0.25) is 5.91 Å². The number of carboxylic acids is 1. The molecule has 0 spiro atoms. The molecule has 1 amide bonds. The Hall–Kier alpha value is -2.54. The first-order valence-electron chi connectivity index (χ1n) is 8.55. The van der Waals surface area contributed by atoms with Crippen LogP contribution in [0.15, 0.2) is 24.3 Å². The van der Waals surface area contributed by atoms with E-state index >= 15 is 0 Å². The number of methoxy groups -OCH3 is 2. The fourth-order valence-electron chi connectivity index (χ4n) is 2.91. The van der Waals surface area contributed by atoms with Crippen LogP contribution in [0.3, 0.4) is 0 Å². The highest BCUT2D eigenvalue weighted by Gasteiger charge is 2.24. The molecular weight excluding hydrogens is 338 g/mol. The summed E-state index contributed by atoms with van der Waals surface area (Å²) in [5.74, 6) is 0.0715. The van der Waals surface area contributed by atoms with Gasteiger partial charge in [-0.25, -0.2) is 0 Å². The van der Waals surface area contributed by atoms with Gasteiger partial charge in [-0.3, -0.25) is 9.59 Å². The molecule has 7 nitrogen and oxygen atoms in total. The molecule has 0 atom stereocenters. The smallest absolute Gasteiger partial charge is 0.305 e. The van der Waals surface area contributed by atoms with Crippen LogP contribution in [-0.2, 0) is 14.3 Å². The van der Waals surface area contributed by atoms with Crippen molar-refractivity contribution in [2.75, 3.05) is 34.0 Å². The van der Waals surface area contributed by atoms with Crippen LogP contribution in [0.25, 0.3) is 6.08 Å². The summed E-state index contributed by atoms with van der Waals surface area (Å²) in [7, 11) is 3.11. The molecule has 142 valence electrons. The SMILES string of the molecule is COc1ccc(C=CC(=O)N(CCC(=O)O)C2CCOCC2)cc1OC. The quantitative estimate of drug-likeness (QED) is 0.713. The zero-order valence-electron chi connectivity index (χ0n) is 15.1. The van der Waals surface area contributed by atoms with Crippen molar-refractivity contribution >= 4 is 18.0 Å². The second-order valence-electron chi connectivity index (χ2n) is 5.97. The maximum absolute atomic E-state index is 12.7. The third-order valence-corrected chi connectivity index (χ3v) is 4.31. The molecule has 1 aliphatic rings. The standard InChI is InChI=1S/C19H25NO6/c1-24-16-5-3-14(13-17(16)25-2)4-6-18(21)20(10-7-19(22)23)15-8-11-26-12-9-15/h3-6,13,15H,7-12H2,1-2H3,(H,22,23). The van der Waals surface area contributed by atoms with Crippen molar-refractivity contribution in [1.29, 1.82) is 0 Å². The minimum Gasteiger partial charge on any atom is -0.493 e. The van der Waals surface area contributed by atoms with E-state index in [1.807, 2.05) is 6.07 Å². The summed E-state index contributed by atoms with van der Waals surface area (Å²) >= 11 is 0. The largest absolute Gasteiger partial charge is 0.493 e. The van der Waals surface area contributed by atoms with Crippen molar-refractivity contribution < 1.29 is 28.9 Å². The van der Waals surface area contributed by atoms with E-state index in [2.05, 4.69) is 0 Å². The Morgan fingerprint density at radius 1 is 1.23 bits per heavy atom. The number of nitrogens with zero attached hydrogens (tertiary/aromatic N) is 1. The zero-order valence-corrected chi connectivity index (χ0v) is 15.1. The van der Waals surface area contributed by atoms with Crippen LogP contribution in [0.4, 0.5) is 0 Å². The summed E-state index contributed by atoms with van der Waals surface area (Å²) < 4.78 is 15.8. The topological polar surface area (TPSA) is 85.3 Å². The third kappa shape index (κ3) is 5.49. The Bertz CT molecular complexity index is 651. The highest BCUT2D eigenvalue weighted by Crippen LogP contribution is 2.28. The van der Waals surface area contributed by atoms with E-state index in [-0.39, 0.29) is 24.9 Å². The van der Waals surface area contributed by atoms with Gasteiger partial charge in [0.25, 0.3) is 0 Å². The van der Waals surface area contributed by atoms with E-state index in [0.717, 1.165) is 18.4 Å². The first-order valence-corrected chi connectivity index (χ1v) is 8.55. The summed E-state index contributed by atoms with van der Waals surface area (Å²) in [6.07, 6.45) is 4.52. The Morgan fingerprint density at radius 2 is 1.92 bits per heavy atom. The molecule has 0 aliphatic carbocycles. The van der Waals surface area contributed by atoms with E-state index in [9.17, 15) is 9.59 Å². The average molecular weight is 363 g/mol. The Morgan fingerprint density at radius 3 is 2.54 bits per heavy atom. The maximum atomic E-state index is 12.7. The summed E-state index contributed by atoms with van der Waals surface area (Å²) in [5.41, 5.74) is 0.793. The van der Waals surface area contributed by atoms with E-state index < -0.39 is 5.97 Å². The molecule has 1 heterocycles. The fraction of sp³-hybridized carbons (Fsp3) is 0.474. The molecule has 7 heteroatoms. The maximum Gasteiger partial charge on any atom is 0.305 e. The Balaban J connectivity index is 2.11. The number of carbonyl (C=O) groups excluding carboxylic acids is 1. The Kier molecular flexibility index (Phi) is 7.47. The fourth-order valence-corrected chi connectivity index (χ4v) is 2.91. The number of carbonyl (C=O) groups is 2. The van der Waals surface area contributed by atoms with E-state index in [1.54, 1.807) is 37.3 Å². The molecule has 0 radical (unpaired) electrons. The van der Waals surface area contributed by atoms with Crippen LogP contribution in [0.2, 0.25) is 0 Å². The second kappa shape index (κ2) is 9.82. The molecule has 0 saturated carbocycles. The first-order chi connectivity index (χ1) is 12.5. The van der Waals surface area contributed by atoms with Crippen LogP contribution in [-0.4, -0.2) is 61.9 Å². The van der Waals surface area contributed by atoms with E-state index in [0.29, 0.717) is 24.7 Å². The molecule has 1 aromatic rings. The van der Waals surface area contributed by atoms with Crippen LogP contribution >= 0.6 is 0 Å². The minimum atomic E-state index is -0.918. The van der Waals surface area contributed by atoms with Crippen molar-refractivity contribution in [2.45, 2.75) is 25.3 Å². The van der Waals surface area contributed by atoms with Gasteiger partial charge in [0.15, 0.2) is 11.5 Å². The van der Waals surface area contributed by atoms with Gasteiger partial charge in [-0.2, -0.15) is 0 Å².